The molecule has 6 nitrogen and oxygen atoms in total. The number of piperidine rings is 1. The molecule has 5 rings (SSSR count). The number of aromatic amines is 1. The van der Waals surface area contributed by atoms with Crippen molar-refractivity contribution in [3.05, 3.63) is 59.0 Å². The van der Waals surface area contributed by atoms with Crippen molar-refractivity contribution < 1.29 is 14.6 Å². The standard InChI is InChI=1S/C25H29N3O3/c1-15-11-23(31-2)20(19-7-9-26-24(15)19)14-28-10-8-17(16-3-4-16)12-22(28)18-5-6-21(25(29)30)27-13-18/h5-7,9,11,13,16-17,22,26H,3-4,8,10,12,14H2,1-2H3,(H,29,30)/t17-,22+/m1/s1. The molecule has 3 heterocycles. The van der Waals surface area contributed by atoms with Gasteiger partial charge in [0.1, 0.15) is 11.4 Å². The second-order valence-electron chi connectivity index (χ2n) is 9.03. The first-order valence-electron chi connectivity index (χ1n) is 11.1. The third kappa shape index (κ3) is 3.81. The second kappa shape index (κ2) is 8.00. The maximum Gasteiger partial charge on any atom is 0.354 e. The van der Waals surface area contributed by atoms with Crippen LogP contribution in [-0.2, 0) is 6.54 Å². The molecule has 0 bridgehead atoms. The number of benzene rings is 1. The van der Waals surface area contributed by atoms with Crippen LogP contribution >= 0.6 is 0 Å². The number of rotatable bonds is 6. The van der Waals surface area contributed by atoms with Crippen LogP contribution in [0.2, 0.25) is 0 Å². The van der Waals surface area contributed by atoms with Crippen molar-refractivity contribution in [3.8, 4) is 5.75 Å². The van der Waals surface area contributed by atoms with Crippen molar-refractivity contribution in [2.24, 2.45) is 11.8 Å². The number of fused-ring (bicyclic) bond motifs is 1. The number of likely N-dealkylation sites (tertiary alicyclic amines) is 1. The maximum atomic E-state index is 11.3. The molecule has 2 aliphatic rings. The van der Waals surface area contributed by atoms with E-state index in [9.17, 15) is 9.90 Å². The third-order valence-corrected chi connectivity index (χ3v) is 7.13. The summed E-state index contributed by atoms with van der Waals surface area (Å²) in [4.78, 5) is 21.4. The van der Waals surface area contributed by atoms with Crippen LogP contribution < -0.4 is 4.74 Å². The monoisotopic (exact) mass is 419 g/mol. The van der Waals surface area contributed by atoms with Gasteiger partial charge in [-0.15, -0.1) is 0 Å². The molecule has 0 spiro atoms. The van der Waals surface area contributed by atoms with Crippen LogP contribution in [0.3, 0.4) is 0 Å². The normalized spacial score (nSPS) is 22.0. The largest absolute Gasteiger partial charge is 0.496 e. The lowest BCUT2D eigenvalue weighted by molar-refractivity contribution is 0.0689. The Kier molecular flexibility index (Phi) is 5.18. The van der Waals surface area contributed by atoms with Gasteiger partial charge in [0.25, 0.3) is 0 Å². The van der Waals surface area contributed by atoms with Crippen LogP contribution in [0.4, 0.5) is 0 Å². The van der Waals surface area contributed by atoms with Gasteiger partial charge in [-0.1, -0.05) is 6.07 Å². The van der Waals surface area contributed by atoms with Gasteiger partial charge in [-0.05, 0) is 80.3 Å². The van der Waals surface area contributed by atoms with E-state index in [-0.39, 0.29) is 11.7 Å². The summed E-state index contributed by atoms with van der Waals surface area (Å²) in [6, 6.07) is 8.06. The van der Waals surface area contributed by atoms with Crippen molar-refractivity contribution >= 4 is 16.9 Å². The molecular formula is C25H29N3O3. The van der Waals surface area contributed by atoms with Crippen molar-refractivity contribution in [2.45, 2.75) is 45.2 Å². The van der Waals surface area contributed by atoms with Gasteiger partial charge in [0.2, 0.25) is 0 Å². The first kappa shape index (κ1) is 20.1. The Hall–Kier alpha value is -2.86. The van der Waals surface area contributed by atoms with Crippen molar-refractivity contribution in [1.82, 2.24) is 14.9 Å². The molecule has 0 radical (unpaired) electrons. The van der Waals surface area contributed by atoms with Gasteiger partial charge < -0.3 is 14.8 Å². The minimum absolute atomic E-state index is 0.0964. The van der Waals surface area contributed by atoms with E-state index in [0.717, 1.165) is 48.2 Å². The van der Waals surface area contributed by atoms with E-state index < -0.39 is 5.97 Å². The first-order valence-corrected chi connectivity index (χ1v) is 11.1. The molecule has 1 aliphatic heterocycles. The van der Waals surface area contributed by atoms with Gasteiger partial charge >= 0.3 is 5.97 Å². The van der Waals surface area contributed by atoms with Crippen LogP contribution in [0.1, 0.15) is 58.9 Å². The highest BCUT2D eigenvalue weighted by Gasteiger charge is 2.38. The predicted molar refractivity (Wildman–Crippen MR) is 119 cm³/mol. The highest BCUT2D eigenvalue weighted by Crippen LogP contribution is 2.47. The number of aromatic carboxylic acids is 1. The average Bonchev–Trinajstić information content (AvgIpc) is 3.51. The lowest BCUT2D eigenvalue weighted by atomic mass is 9.84. The molecule has 0 unspecified atom stereocenters. The highest BCUT2D eigenvalue weighted by molar-refractivity contribution is 5.88. The number of carbonyl (C=O) groups is 1. The summed E-state index contributed by atoms with van der Waals surface area (Å²) < 4.78 is 5.78. The van der Waals surface area contributed by atoms with Crippen molar-refractivity contribution in [3.63, 3.8) is 0 Å². The van der Waals surface area contributed by atoms with E-state index in [2.05, 4.69) is 33.9 Å². The van der Waals surface area contributed by atoms with Crippen LogP contribution in [0.15, 0.2) is 36.7 Å². The summed E-state index contributed by atoms with van der Waals surface area (Å²) in [5.41, 5.74) is 4.74. The number of aryl methyl sites for hydroxylation is 1. The Bertz CT molecular complexity index is 1100. The molecule has 1 saturated carbocycles. The van der Waals surface area contributed by atoms with Crippen LogP contribution in [0, 0.1) is 18.8 Å². The number of methoxy groups -OCH3 is 1. The predicted octanol–water partition coefficient (Wildman–Crippen LogP) is 4.94. The minimum atomic E-state index is -0.984. The fraction of sp³-hybridized carbons (Fsp3) is 0.440. The summed E-state index contributed by atoms with van der Waals surface area (Å²) >= 11 is 0. The zero-order chi connectivity index (χ0) is 21.5. The summed E-state index contributed by atoms with van der Waals surface area (Å²) in [6.07, 6.45) is 8.77. The second-order valence-corrected chi connectivity index (χ2v) is 9.03. The lowest BCUT2D eigenvalue weighted by Gasteiger charge is -2.40. The summed E-state index contributed by atoms with van der Waals surface area (Å²) in [6.45, 7) is 3.92. The minimum Gasteiger partial charge on any atom is -0.496 e. The summed E-state index contributed by atoms with van der Waals surface area (Å²) in [5.74, 6) is 1.54. The zero-order valence-corrected chi connectivity index (χ0v) is 18.1. The molecule has 2 N–H and O–H groups in total. The molecule has 1 saturated heterocycles. The molecular weight excluding hydrogens is 390 g/mol. The molecule has 31 heavy (non-hydrogen) atoms. The third-order valence-electron chi connectivity index (χ3n) is 7.13. The molecule has 2 aromatic heterocycles. The van der Waals surface area contributed by atoms with E-state index in [1.165, 1.54) is 35.8 Å². The van der Waals surface area contributed by atoms with Gasteiger partial charge in [0, 0.05) is 41.4 Å². The molecule has 2 fully saturated rings. The lowest BCUT2D eigenvalue weighted by Crippen LogP contribution is -2.37. The van der Waals surface area contributed by atoms with E-state index in [1.807, 2.05) is 12.3 Å². The molecule has 1 aromatic carbocycles. The first-order chi connectivity index (χ1) is 15.0. The van der Waals surface area contributed by atoms with Gasteiger partial charge in [-0.2, -0.15) is 0 Å². The Morgan fingerprint density at radius 2 is 2.10 bits per heavy atom. The maximum absolute atomic E-state index is 11.3. The van der Waals surface area contributed by atoms with E-state index in [1.54, 1.807) is 19.4 Å². The van der Waals surface area contributed by atoms with Gasteiger partial charge in [0.05, 0.1) is 7.11 Å². The van der Waals surface area contributed by atoms with Gasteiger partial charge in [-0.25, -0.2) is 9.78 Å². The van der Waals surface area contributed by atoms with Crippen LogP contribution in [0.5, 0.6) is 5.75 Å². The number of nitrogens with zero attached hydrogens (tertiary/aromatic N) is 2. The quantitative estimate of drug-likeness (QED) is 0.592. The topological polar surface area (TPSA) is 78.5 Å². The number of H-pyrrole nitrogens is 1. The fourth-order valence-electron chi connectivity index (χ4n) is 5.29. The number of hydrogen-bond donors (Lipinski definition) is 2. The van der Waals surface area contributed by atoms with Crippen molar-refractivity contribution in [1.29, 1.82) is 0 Å². The molecule has 1 aliphatic carbocycles. The highest BCUT2D eigenvalue weighted by atomic mass is 16.5. The SMILES string of the molecule is COc1cc(C)c2[nH]ccc2c1CN1CC[C@@H](C2CC2)C[C@H]1c1ccc(C(=O)O)nc1. The number of carboxylic acids is 1. The average molecular weight is 420 g/mol. The van der Waals surface area contributed by atoms with Crippen LogP contribution in [-0.4, -0.2) is 39.6 Å². The number of hydrogen-bond acceptors (Lipinski definition) is 4. The van der Waals surface area contributed by atoms with E-state index in [0.29, 0.717) is 0 Å². The number of aromatic nitrogens is 2. The van der Waals surface area contributed by atoms with Gasteiger partial charge in [0.15, 0.2) is 0 Å². The van der Waals surface area contributed by atoms with E-state index >= 15 is 0 Å². The number of carboxylic acid groups (broad SMARTS) is 1. The van der Waals surface area contributed by atoms with Crippen LogP contribution in [0.25, 0.3) is 10.9 Å². The molecule has 162 valence electrons. The molecule has 2 atom stereocenters. The van der Waals surface area contributed by atoms with Crippen molar-refractivity contribution in [2.75, 3.05) is 13.7 Å². The molecule has 6 heteroatoms. The fourth-order valence-corrected chi connectivity index (χ4v) is 5.29. The summed E-state index contributed by atoms with van der Waals surface area (Å²) in [7, 11) is 1.74. The number of pyridine rings is 1. The number of nitrogens with one attached hydrogen (secondary N) is 1. The smallest absolute Gasteiger partial charge is 0.354 e. The van der Waals surface area contributed by atoms with E-state index in [4.69, 9.17) is 4.74 Å². The number of ether oxygens (including phenoxy) is 1. The Balaban J connectivity index is 1.49. The molecule has 3 aromatic rings. The molecule has 0 amide bonds. The zero-order valence-electron chi connectivity index (χ0n) is 18.1. The Morgan fingerprint density at radius 3 is 2.77 bits per heavy atom. The Morgan fingerprint density at radius 1 is 1.26 bits per heavy atom. The van der Waals surface area contributed by atoms with Gasteiger partial charge in [-0.3, -0.25) is 4.90 Å². The Labute approximate surface area is 182 Å². The summed E-state index contributed by atoms with van der Waals surface area (Å²) in [5, 5.41) is 10.4.